The predicted molar refractivity (Wildman–Crippen MR) is 27.9 cm³/mol. The highest BCUT2D eigenvalue weighted by atomic mass is 19.3. The monoisotopic (exact) mass is 152 g/mol. The van der Waals surface area contributed by atoms with E-state index in [1.807, 2.05) is 0 Å². The van der Waals surface area contributed by atoms with Gasteiger partial charge in [-0.05, 0) is 0 Å². The number of hydrogen-bond donors (Lipinski definition) is 1. The van der Waals surface area contributed by atoms with Crippen molar-refractivity contribution in [2.75, 3.05) is 0 Å². The van der Waals surface area contributed by atoms with Gasteiger partial charge in [0.2, 0.25) is 6.43 Å². The molecule has 10 heavy (non-hydrogen) atoms. The summed E-state index contributed by atoms with van der Waals surface area (Å²) >= 11 is 0. The van der Waals surface area contributed by atoms with E-state index >= 15 is 0 Å². The number of Topliss-reactive ketones (excluding diaryl/α,β-unsaturated/α-hetero) is 1. The molecule has 0 atom stereocenters. The summed E-state index contributed by atoms with van der Waals surface area (Å²) in [5.41, 5.74) is 0. The fourth-order valence-electron chi connectivity index (χ4n) is 0.413. The summed E-state index contributed by atoms with van der Waals surface area (Å²) in [6.45, 7) is 0. The number of alkyl halides is 2. The number of ketones is 1. The van der Waals surface area contributed by atoms with E-state index in [-0.39, 0.29) is 0 Å². The van der Waals surface area contributed by atoms with E-state index in [1.165, 1.54) is 0 Å². The van der Waals surface area contributed by atoms with E-state index in [1.54, 1.807) is 0 Å². The Morgan fingerprint density at radius 2 is 1.90 bits per heavy atom. The molecule has 5 heteroatoms. The number of carbonyl (C=O) groups is 2. The van der Waals surface area contributed by atoms with E-state index < -0.39 is 31.0 Å². The Morgan fingerprint density at radius 3 is 2.20 bits per heavy atom. The molecule has 0 heterocycles. The SMILES string of the molecule is O=C(O)CC(=O)CC(F)F. The lowest BCUT2D eigenvalue weighted by molar-refractivity contribution is -0.140. The van der Waals surface area contributed by atoms with Crippen LogP contribution >= 0.6 is 0 Å². The molecule has 1 N–H and O–H groups in total. The summed E-state index contributed by atoms with van der Waals surface area (Å²) in [5, 5.41) is 7.93. The molecule has 0 unspecified atom stereocenters. The van der Waals surface area contributed by atoms with Gasteiger partial charge in [-0.3, -0.25) is 9.59 Å². The second-order valence-corrected chi connectivity index (χ2v) is 1.70. The molecule has 0 fully saturated rings. The van der Waals surface area contributed by atoms with Crippen LogP contribution in [0.25, 0.3) is 0 Å². The maximum Gasteiger partial charge on any atom is 0.310 e. The lowest BCUT2D eigenvalue weighted by Gasteiger charge is -1.93. The zero-order valence-electron chi connectivity index (χ0n) is 5.01. The molecule has 3 nitrogen and oxygen atoms in total. The van der Waals surface area contributed by atoms with Crippen molar-refractivity contribution in [1.29, 1.82) is 0 Å². The molecule has 0 aliphatic carbocycles. The Morgan fingerprint density at radius 1 is 1.40 bits per heavy atom. The molecule has 0 amide bonds. The Kier molecular flexibility index (Phi) is 3.53. The number of aliphatic carboxylic acids is 1. The zero-order chi connectivity index (χ0) is 8.15. The Bertz CT molecular complexity index is 144. The van der Waals surface area contributed by atoms with Crippen LogP contribution in [0.15, 0.2) is 0 Å². The summed E-state index contributed by atoms with van der Waals surface area (Å²) in [6.07, 6.45) is -4.52. The Balaban J connectivity index is 3.54. The van der Waals surface area contributed by atoms with Crippen LogP contribution < -0.4 is 0 Å². The van der Waals surface area contributed by atoms with E-state index in [4.69, 9.17) is 5.11 Å². The van der Waals surface area contributed by atoms with Crippen molar-refractivity contribution in [2.24, 2.45) is 0 Å². The van der Waals surface area contributed by atoms with Crippen molar-refractivity contribution >= 4 is 11.8 Å². The minimum atomic E-state index is -2.74. The van der Waals surface area contributed by atoms with Crippen LogP contribution in [0.5, 0.6) is 0 Å². The van der Waals surface area contributed by atoms with Crippen LogP contribution in [0.1, 0.15) is 12.8 Å². The molecule has 0 bridgehead atoms. The average molecular weight is 152 g/mol. The van der Waals surface area contributed by atoms with Crippen LogP contribution in [0, 0.1) is 0 Å². The number of hydrogen-bond acceptors (Lipinski definition) is 2. The van der Waals surface area contributed by atoms with Gasteiger partial charge < -0.3 is 5.11 Å². The van der Waals surface area contributed by atoms with Gasteiger partial charge in [0, 0.05) is 0 Å². The highest BCUT2D eigenvalue weighted by Crippen LogP contribution is 2.01. The number of carboxylic acid groups (broad SMARTS) is 1. The van der Waals surface area contributed by atoms with Crippen molar-refractivity contribution in [3.63, 3.8) is 0 Å². The van der Waals surface area contributed by atoms with Gasteiger partial charge in [0.05, 0.1) is 6.42 Å². The number of halogens is 2. The maximum absolute atomic E-state index is 11.3. The summed E-state index contributed by atoms with van der Waals surface area (Å²) < 4.78 is 22.6. The molecule has 0 saturated carbocycles. The lowest BCUT2D eigenvalue weighted by atomic mass is 10.2. The smallest absolute Gasteiger partial charge is 0.310 e. The van der Waals surface area contributed by atoms with Crippen LogP contribution in [0.3, 0.4) is 0 Å². The summed E-state index contributed by atoms with van der Waals surface area (Å²) in [5.74, 6) is -2.31. The van der Waals surface area contributed by atoms with E-state index in [9.17, 15) is 18.4 Å². The van der Waals surface area contributed by atoms with Gasteiger partial charge in [0.25, 0.3) is 0 Å². The quantitative estimate of drug-likeness (QED) is 0.603. The summed E-state index contributed by atoms with van der Waals surface area (Å²) in [4.78, 5) is 19.9. The lowest BCUT2D eigenvalue weighted by Crippen LogP contribution is -2.09. The molecular formula is C5H6F2O3. The first-order valence-electron chi connectivity index (χ1n) is 2.54. The minimum Gasteiger partial charge on any atom is -0.481 e. The molecule has 0 aromatic carbocycles. The Labute approximate surface area is 55.6 Å². The first-order chi connectivity index (χ1) is 4.52. The molecule has 0 radical (unpaired) electrons. The van der Waals surface area contributed by atoms with Crippen LogP contribution in [0.4, 0.5) is 8.78 Å². The van der Waals surface area contributed by atoms with Crippen LogP contribution in [-0.2, 0) is 9.59 Å². The van der Waals surface area contributed by atoms with Gasteiger partial charge in [-0.2, -0.15) is 0 Å². The fourth-order valence-corrected chi connectivity index (χ4v) is 0.413. The number of rotatable bonds is 4. The number of carboxylic acids is 1. The van der Waals surface area contributed by atoms with Gasteiger partial charge in [-0.1, -0.05) is 0 Å². The van der Waals surface area contributed by atoms with Crippen molar-refractivity contribution in [2.45, 2.75) is 19.3 Å². The highest BCUT2D eigenvalue weighted by Gasteiger charge is 2.13. The van der Waals surface area contributed by atoms with Crippen molar-refractivity contribution in [3.8, 4) is 0 Å². The van der Waals surface area contributed by atoms with Crippen molar-refractivity contribution < 1.29 is 23.5 Å². The standard InChI is InChI=1S/C5H6F2O3/c6-4(7)1-3(8)2-5(9)10/h4H,1-2H2,(H,9,10). The zero-order valence-corrected chi connectivity index (χ0v) is 5.01. The molecule has 58 valence electrons. The van der Waals surface area contributed by atoms with Crippen molar-refractivity contribution in [1.82, 2.24) is 0 Å². The minimum absolute atomic E-state index is 0.815. The highest BCUT2D eigenvalue weighted by molar-refractivity contribution is 5.94. The van der Waals surface area contributed by atoms with Gasteiger partial charge in [0.1, 0.15) is 12.2 Å². The Hall–Kier alpha value is -1.00. The normalized spacial score (nSPS) is 9.90. The van der Waals surface area contributed by atoms with Gasteiger partial charge in [0.15, 0.2) is 0 Å². The second-order valence-electron chi connectivity index (χ2n) is 1.70. The first-order valence-corrected chi connectivity index (χ1v) is 2.54. The predicted octanol–water partition coefficient (Wildman–Crippen LogP) is 0.685. The topological polar surface area (TPSA) is 54.4 Å². The van der Waals surface area contributed by atoms with Gasteiger partial charge in [-0.25, -0.2) is 8.78 Å². The molecule has 0 saturated heterocycles. The first kappa shape index (κ1) is 9.00. The third kappa shape index (κ3) is 5.14. The fraction of sp³-hybridized carbons (Fsp3) is 0.600. The van der Waals surface area contributed by atoms with E-state index in [2.05, 4.69) is 0 Å². The van der Waals surface area contributed by atoms with E-state index in [0.717, 1.165) is 0 Å². The average Bonchev–Trinajstić information content (AvgIpc) is 1.58. The largest absolute Gasteiger partial charge is 0.481 e. The molecule has 0 aliphatic heterocycles. The maximum atomic E-state index is 11.3. The summed E-state index contributed by atoms with van der Waals surface area (Å²) in [6, 6.07) is 0. The molecule has 0 spiro atoms. The molecule has 0 aliphatic rings. The van der Waals surface area contributed by atoms with Gasteiger partial charge >= 0.3 is 5.97 Å². The molecule has 0 aromatic rings. The second kappa shape index (κ2) is 3.92. The van der Waals surface area contributed by atoms with Gasteiger partial charge in [-0.15, -0.1) is 0 Å². The van der Waals surface area contributed by atoms with Crippen molar-refractivity contribution in [3.05, 3.63) is 0 Å². The summed E-state index contributed by atoms with van der Waals surface area (Å²) in [7, 11) is 0. The third-order valence-corrected chi connectivity index (χ3v) is 0.730. The molecule has 0 aromatic heterocycles. The van der Waals surface area contributed by atoms with Crippen LogP contribution in [-0.4, -0.2) is 23.3 Å². The molecule has 0 rings (SSSR count). The van der Waals surface area contributed by atoms with E-state index in [0.29, 0.717) is 0 Å². The third-order valence-electron chi connectivity index (χ3n) is 0.730. The van der Waals surface area contributed by atoms with Crippen LogP contribution in [0.2, 0.25) is 0 Å². The molecular weight excluding hydrogens is 146 g/mol. The number of carbonyl (C=O) groups excluding carboxylic acids is 1.